The highest BCUT2D eigenvalue weighted by Gasteiger charge is 2.30. The zero-order valence-electron chi connectivity index (χ0n) is 11.9. The Hall–Kier alpha value is -2.18. The van der Waals surface area contributed by atoms with Crippen LogP contribution in [-0.2, 0) is 16.0 Å². The Kier molecular flexibility index (Phi) is 5.30. The number of carboxylic acid groups (broad SMARTS) is 1. The number of nitrogens with zero attached hydrogens (tertiary/aromatic N) is 1. The number of amides is 1. The zero-order chi connectivity index (χ0) is 16.1. The summed E-state index contributed by atoms with van der Waals surface area (Å²) in [6, 6.07) is 5.61. The van der Waals surface area contributed by atoms with Gasteiger partial charge in [0.2, 0.25) is 5.91 Å². The fourth-order valence-electron chi connectivity index (χ4n) is 2.64. The summed E-state index contributed by atoms with van der Waals surface area (Å²) in [5, 5.41) is 8.85. The molecular weight excluding hydrogens is 296 g/mol. The van der Waals surface area contributed by atoms with Crippen molar-refractivity contribution in [3.63, 3.8) is 0 Å². The highest BCUT2D eigenvalue weighted by atomic mass is 19.3. The third-order valence-corrected chi connectivity index (χ3v) is 3.61. The quantitative estimate of drug-likeness (QED) is 0.875. The Morgan fingerprint density at radius 2 is 2.00 bits per heavy atom. The third-order valence-electron chi connectivity index (χ3n) is 3.61. The molecule has 22 heavy (non-hydrogen) atoms. The maximum atomic E-state index is 12.3. The first-order chi connectivity index (χ1) is 10.5. The van der Waals surface area contributed by atoms with Crippen molar-refractivity contribution in [1.82, 2.24) is 4.90 Å². The Balaban J connectivity index is 1.94. The van der Waals surface area contributed by atoms with Gasteiger partial charge in [-0.05, 0) is 30.5 Å². The molecule has 2 rings (SSSR count). The molecule has 7 heteroatoms. The van der Waals surface area contributed by atoms with Gasteiger partial charge in [-0.3, -0.25) is 9.59 Å². The molecule has 1 aromatic carbocycles. The number of hydrogen-bond acceptors (Lipinski definition) is 3. The summed E-state index contributed by atoms with van der Waals surface area (Å²) < 4.78 is 28.3. The maximum Gasteiger partial charge on any atom is 0.387 e. The van der Waals surface area contributed by atoms with Crippen LogP contribution in [0.15, 0.2) is 24.3 Å². The number of likely N-dealkylation sites (tertiary alicyclic amines) is 1. The summed E-state index contributed by atoms with van der Waals surface area (Å²) in [5.41, 5.74) is 0.674. The minimum atomic E-state index is -2.88. The van der Waals surface area contributed by atoms with Crippen molar-refractivity contribution >= 4 is 11.9 Å². The smallest absolute Gasteiger partial charge is 0.387 e. The van der Waals surface area contributed by atoms with E-state index in [1.807, 2.05) is 0 Å². The average Bonchev–Trinajstić information content (AvgIpc) is 2.87. The van der Waals surface area contributed by atoms with Crippen LogP contribution in [0.5, 0.6) is 5.75 Å². The lowest BCUT2D eigenvalue weighted by Gasteiger charge is -2.23. The predicted molar refractivity (Wildman–Crippen MR) is 73.8 cm³/mol. The summed E-state index contributed by atoms with van der Waals surface area (Å²) in [7, 11) is 0. The summed E-state index contributed by atoms with van der Waals surface area (Å²) in [6.07, 6.45) is 1.56. The summed E-state index contributed by atoms with van der Waals surface area (Å²) in [5.74, 6) is -1.03. The van der Waals surface area contributed by atoms with E-state index in [-0.39, 0.29) is 30.5 Å². The van der Waals surface area contributed by atoms with Gasteiger partial charge in [-0.2, -0.15) is 8.78 Å². The SMILES string of the molecule is O=C(O)CC1CCCN1C(=O)Cc1ccc(OC(F)F)cc1. The molecule has 1 heterocycles. The van der Waals surface area contributed by atoms with E-state index in [1.54, 1.807) is 17.0 Å². The molecule has 0 aromatic heterocycles. The van der Waals surface area contributed by atoms with Gasteiger partial charge in [0.05, 0.1) is 12.8 Å². The molecule has 1 saturated heterocycles. The van der Waals surface area contributed by atoms with Crippen molar-refractivity contribution < 1.29 is 28.2 Å². The Morgan fingerprint density at radius 3 is 2.59 bits per heavy atom. The molecule has 1 aliphatic rings. The molecule has 1 fully saturated rings. The largest absolute Gasteiger partial charge is 0.481 e. The fourth-order valence-corrected chi connectivity index (χ4v) is 2.64. The van der Waals surface area contributed by atoms with Crippen molar-refractivity contribution in [3.05, 3.63) is 29.8 Å². The van der Waals surface area contributed by atoms with Gasteiger partial charge in [-0.1, -0.05) is 12.1 Å². The minimum absolute atomic E-state index is 0.0381. The van der Waals surface area contributed by atoms with Crippen LogP contribution in [0.25, 0.3) is 0 Å². The molecule has 0 aliphatic carbocycles. The predicted octanol–water partition coefficient (Wildman–Crippen LogP) is 2.30. The molecule has 1 aromatic rings. The number of carboxylic acids is 1. The van der Waals surface area contributed by atoms with Crippen LogP contribution in [0.2, 0.25) is 0 Å². The number of halogens is 2. The van der Waals surface area contributed by atoms with E-state index in [4.69, 9.17) is 5.11 Å². The number of aliphatic carboxylic acids is 1. The first-order valence-corrected chi connectivity index (χ1v) is 7.00. The first-order valence-electron chi connectivity index (χ1n) is 7.00. The number of hydrogen-bond donors (Lipinski definition) is 1. The van der Waals surface area contributed by atoms with Gasteiger partial charge in [-0.25, -0.2) is 0 Å². The Labute approximate surface area is 126 Å². The highest BCUT2D eigenvalue weighted by molar-refractivity contribution is 5.80. The molecule has 5 nitrogen and oxygen atoms in total. The highest BCUT2D eigenvalue weighted by Crippen LogP contribution is 2.22. The summed E-state index contributed by atoms with van der Waals surface area (Å²) in [4.78, 5) is 24.6. The molecule has 0 radical (unpaired) electrons. The lowest BCUT2D eigenvalue weighted by atomic mass is 10.1. The van der Waals surface area contributed by atoms with Crippen molar-refractivity contribution in [2.75, 3.05) is 6.54 Å². The second kappa shape index (κ2) is 7.20. The van der Waals surface area contributed by atoms with Gasteiger partial charge in [0.1, 0.15) is 5.75 Å². The van der Waals surface area contributed by atoms with E-state index in [9.17, 15) is 18.4 Å². The summed E-state index contributed by atoms with van der Waals surface area (Å²) >= 11 is 0. The fraction of sp³-hybridized carbons (Fsp3) is 0.467. The molecule has 1 atom stereocenters. The lowest BCUT2D eigenvalue weighted by molar-refractivity contribution is -0.139. The van der Waals surface area contributed by atoms with E-state index in [2.05, 4.69) is 4.74 Å². The third kappa shape index (κ3) is 4.41. The standard InChI is InChI=1S/C15H17F2NO4/c16-15(17)22-12-5-3-10(4-6-12)8-13(19)18-7-1-2-11(18)9-14(20)21/h3-6,11,15H,1-2,7-9H2,(H,20,21). The van der Waals surface area contributed by atoms with E-state index < -0.39 is 12.6 Å². The number of ether oxygens (including phenoxy) is 1. The van der Waals surface area contributed by atoms with Crippen molar-refractivity contribution in [3.8, 4) is 5.75 Å². The zero-order valence-corrected chi connectivity index (χ0v) is 11.9. The van der Waals surface area contributed by atoms with Crippen LogP contribution in [0, 0.1) is 0 Å². The van der Waals surface area contributed by atoms with Crippen LogP contribution >= 0.6 is 0 Å². The second-order valence-corrected chi connectivity index (χ2v) is 5.18. The molecule has 0 spiro atoms. The molecule has 0 bridgehead atoms. The van der Waals surface area contributed by atoms with Gasteiger partial charge in [0, 0.05) is 12.6 Å². The minimum Gasteiger partial charge on any atom is -0.481 e. The average molecular weight is 313 g/mol. The van der Waals surface area contributed by atoms with Crippen molar-refractivity contribution in [2.24, 2.45) is 0 Å². The van der Waals surface area contributed by atoms with E-state index in [1.165, 1.54) is 12.1 Å². The van der Waals surface area contributed by atoms with Gasteiger partial charge >= 0.3 is 12.6 Å². The number of benzene rings is 1. The monoisotopic (exact) mass is 313 g/mol. The molecule has 0 saturated carbocycles. The van der Waals surface area contributed by atoms with Gasteiger partial charge in [-0.15, -0.1) is 0 Å². The van der Waals surface area contributed by atoms with Crippen LogP contribution in [0.1, 0.15) is 24.8 Å². The summed E-state index contributed by atoms with van der Waals surface area (Å²) in [6.45, 7) is -2.32. The first kappa shape index (κ1) is 16.2. The molecule has 1 amide bonds. The number of rotatable bonds is 6. The van der Waals surface area contributed by atoms with E-state index in [0.717, 1.165) is 6.42 Å². The van der Waals surface area contributed by atoms with Crippen LogP contribution in [-0.4, -0.2) is 41.1 Å². The van der Waals surface area contributed by atoms with E-state index >= 15 is 0 Å². The molecule has 120 valence electrons. The Bertz CT molecular complexity index is 533. The van der Waals surface area contributed by atoms with Gasteiger partial charge in [0.15, 0.2) is 0 Å². The molecule has 1 N–H and O–H groups in total. The van der Waals surface area contributed by atoms with E-state index in [0.29, 0.717) is 18.5 Å². The van der Waals surface area contributed by atoms with Crippen molar-refractivity contribution in [1.29, 1.82) is 0 Å². The van der Waals surface area contributed by atoms with Crippen LogP contribution in [0.4, 0.5) is 8.78 Å². The molecular formula is C15H17F2NO4. The van der Waals surface area contributed by atoms with Gasteiger partial charge < -0.3 is 14.7 Å². The van der Waals surface area contributed by atoms with Gasteiger partial charge in [0.25, 0.3) is 0 Å². The number of carbonyl (C=O) groups is 2. The second-order valence-electron chi connectivity index (χ2n) is 5.18. The lowest BCUT2D eigenvalue weighted by Crippen LogP contribution is -2.37. The number of alkyl halides is 2. The number of carbonyl (C=O) groups excluding carboxylic acids is 1. The van der Waals surface area contributed by atoms with Crippen LogP contribution < -0.4 is 4.74 Å². The maximum absolute atomic E-state index is 12.3. The normalized spacial score (nSPS) is 17.8. The van der Waals surface area contributed by atoms with Crippen LogP contribution in [0.3, 0.4) is 0 Å². The topological polar surface area (TPSA) is 66.8 Å². The Morgan fingerprint density at radius 1 is 1.32 bits per heavy atom. The van der Waals surface area contributed by atoms with Crippen molar-refractivity contribution in [2.45, 2.75) is 38.3 Å². The molecule has 1 aliphatic heterocycles. The molecule has 1 unspecified atom stereocenters.